The van der Waals surface area contributed by atoms with Crippen molar-refractivity contribution in [2.24, 2.45) is 5.10 Å². The van der Waals surface area contributed by atoms with E-state index in [1.807, 2.05) is 0 Å². The summed E-state index contributed by atoms with van der Waals surface area (Å²) in [6.07, 6.45) is 1.44. The molecular weight excluding hydrogens is 383 g/mol. The SMILES string of the molecule is O=C(NN=Cc1ccc(OC(=O)c2ccccc2F)cc1)c1cccc(Cl)c1. The molecule has 0 aromatic heterocycles. The van der Waals surface area contributed by atoms with Crippen LogP contribution in [-0.2, 0) is 0 Å². The Balaban J connectivity index is 1.58. The summed E-state index contributed by atoms with van der Waals surface area (Å²) in [5.74, 6) is -1.57. The second-order valence-electron chi connectivity index (χ2n) is 5.65. The number of ether oxygens (including phenoxy) is 1. The van der Waals surface area contributed by atoms with E-state index in [9.17, 15) is 14.0 Å². The minimum absolute atomic E-state index is 0.142. The molecule has 140 valence electrons. The van der Waals surface area contributed by atoms with Gasteiger partial charge in [-0.05, 0) is 60.2 Å². The average Bonchev–Trinajstić information content (AvgIpc) is 2.69. The van der Waals surface area contributed by atoms with Crippen molar-refractivity contribution < 1.29 is 18.7 Å². The van der Waals surface area contributed by atoms with Gasteiger partial charge in [0.15, 0.2) is 0 Å². The first kappa shape index (κ1) is 19.3. The van der Waals surface area contributed by atoms with Gasteiger partial charge in [-0.3, -0.25) is 4.79 Å². The number of rotatable bonds is 5. The highest BCUT2D eigenvalue weighted by atomic mass is 35.5. The van der Waals surface area contributed by atoms with Gasteiger partial charge in [0, 0.05) is 10.6 Å². The second kappa shape index (κ2) is 8.92. The minimum atomic E-state index is -0.784. The normalized spacial score (nSPS) is 10.6. The maximum Gasteiger partial charge on any atom is 0.346 e. The highest BCUT2D eigenvalue weighted by Crippen LogP contribution is 2.15. The molecule has 0 saturated heterocycles. The summed E-state index contributed by atoms with van der Waals surface area (Å²) < 4.78 is 18.7. The largest absolute Gasteiger partial charge is 0.423 e. The van der Waals surface area contributed by atoms with Gasteiger partial charge in [-0.25, -0.2) is 14.6 Å². The number of nitrogens with zero attached hydrogens (tertiary/aromatic N) is 1. The van der Waals surface area contributed by atoms with Gasteiger partial charge >= 0.3 is 5.97 Å². The third-order valence-corrected chi connectivity index (χ3v) is 3.89. The fourth-order valence-electron chi connectivity index (χ4n) is 2.27. The molecule has 0 atom stereocenters. The maximum absolute atomic E-state index is 13.6. The fourth-order valence-corrected chi connectivity index (χ4v) is 2.46. The smallest absolute Gasteiger partial charge is 0.346 e. The van der Waals surface area contributed by atoms with Gasteiger partial charge in [0.25, 0.3) is 5.91 Å². The van der Waals surface area contributed by atoms with Gasteiger partial charge in [0.2, 0.25) is 0 Å². The lowest BCUT2D eigenvalue weighted by Crippen LogP contribution is -2.17. The predicted octanol–water partition coefficient (Wildman–Crippen LogP) is 4.46. The van der Waals surface area contributed by atoms with Gasteiger partial charge < -0.3 is 4.74 Å². The van der Waals surface area contributed by atoms with Crippen LogP contribution in [0, 0.1) is 5.82 Å². The van der Waals surface area contributed by atoms with Crippen molar-refractivity contribution in [3.8, 4) is 5.75 Å². The minimum Gasteiger partial charge on any atom is -0.423 e. The summed E-state index contributed by atoms with van der Waals surface area (Å²) in [5.41, 5.74) is 3.31. The van der Waals surface area contributed by atoms with Gasteiger partial charge in [0.05, 0.1) is 11.8 Å². The number of carbonyl (C=O) groups excluding carboxylic acids is 2. The van der Waals surface area contributed by atoms with Gasteiger partial charge in [-0.1, -0.05) is 29.8 Å². The number of halogens is 2. The first-order valence-corrected chi connectivity index (χ1v) is 8.56. The number of nitrogens with one attached hydrogen (secondary N) is 1. The number of hydrogen-bond acceptors (Lipinski definition) is 4. The Morgan fingerprint density at radius 1 is 1.00 bits per heavy atom. The molecule has 1 amide bonds. The summed E-state index contributed by atoms with van der Waals surface area (Å²) in [6, 6.07) is 18.4. The lowest BCUT2D eigenvalue weighted by molar-refractivity contribution is 0.0729. The van der Waals surface area contributed by atoms with Crippen LogP contribution in [-0.4, -0.2) is 18.1 Å². The van der Waals surface area contributed by atoms with E-state index in [4.69, 9.17) is 16.3 Å². The van der Waals surface area contributed by atoms with E-state index in [2.05, 4.69) is 10.5 Å². The quantitative estimate of drug-likeness (QED) is 0.299. The molecule has 0 radical (unpaired) electrons. The standard InChI is InChI=1S/C21H14ClFN2O3/c22-16-5-3-4-15(12-16)20(26)25-24-13-14-8-10-17(11-9-14)28-21(27)18-6-1-2-7-19(18)23/h1-13H,(H,25,26). The Morgan fingerprint density at radius 2 is 1.75 bits per heavy atom. The van der Waals surface area contributed by atoms with Gasteiger partial charge in [-0.2, -0.15) is 5.10 Å². The zero-order chi connectivity index (χ0) is 19.9. The van der Waals surface area contributed by atoms with Crippen LogP contribution in [0.15, 0.2) is 77.9 Å². The van der Waals surface area contributed by atoms with Crippen molar-refractivity contribution in [1.82, 2.24) is 5.43 Å². The van der Waals surface area contributed by atoms with Crippen LogP contribution < -0.4 is 10.2 Å². The van der Waals surface area contributed by atoms with Crippen LogP contribution in [0.3, 0.4) is 0 Å². The molecule has 0 unspecified atom stereocenters. The molecular formula is C21H14ClFN2O3. The predicted molar refractivity (Wildman–Crippen MR) is 104 cm³/mol. The van der Waals surface area contributed by atoms with Crippen LogP contribution in [0.2, 0.25) is 5.02 Å². The molecule has 0 saturated carbocycles. The van der Waals surface area contributed by atoms with E-state index in [0.717, 1.165) is 0 Å². The highest BCUT2D eigenvalue weighted by molar-refractivity contribution is 6.30. The first-order chi connectivity index (χ1) is 13.5. The Labute approximate surface area is 165 Å². The summed E-state index contributed by atoms with van der Waals surface area (Å²) in [7, 11) is 0. The monoisotopic (exact) mass is 396 g/mol. The average molecular weight is 397 g/mol. The zero-order valence-corrected chi connectivity index (χ0v) is 15.2. The molecule has 1 N–H and O–H groups in total. The van der Waals surface area contributed by atoms with Crippen LogP contribution >= 0.6 is 11.6 Å². The number of hydrazone groups is 1. The van der Waals surface area contributed by atoms with E-state index in [0.29, 0.717) is 16.1 Å². The van der Waals surface area contributed by atoms with E-state index >= 15 is 0 Å². The number of carbonyl (C=O) groups is 2. The Hall–Kier alpha value is -3.51. The molecule has 0 bridgehead atoms. The van der Waals surface area contributed by atoms with Gasteiger partial charge in [-0.15, -0.1) is 0 Å². The molecule has 0 aliphatic carbocycles. The number of esters is 1. The number of benzene rings is 3. The summed E-state index contributed by atoms with van der Waals surface area (Å²) in [4.78, 5) is 23.9. The molecule has 3 aromatic carbocycles. The molecule has 7 heteroatoms. The van der Waals surface area contributed by atoms with Crippen molar-refractivity contribution in [3.63, 3.8) is 0 Å². The van der Waals surface area contributed by atoms with Crippen molar-refractivity contribution in [2.75, 3.05) is 0 Å². The molecule has 3 rings (SSSR count). The molecule has 0 aliphatic rings. The molecule has 0 aliphatic heterocycles. The Bertz CT molecular complexity index is 1040. The van der Waals surface area contributed by atoms with E-state index in [1.54, 1.807) is 48.5 Å². The molecule has 0 fully saturated rings. The Morgan fingerprint density at radius 3 is 2.46 bits per heavy atom. The van der Waals surface area contributed by atoms with Crippen LogP contribution in [0.25, 0.3) is 0 Å². The van der Waals surface area contributed by atoms with Crippen molar-refractivity contribution in [1.29, 1.82) is 0 Å². The van der Waals surface area contributed by atoms with E-state index in [-0.39, 0.29) is 11.3 Å². The summed E-state index contributed by atoms with van der Waals surface area (Å²) in [6.45, 7) is 0. The second-order valence-corrected chi connectivity index (χ2v) is 6.08. The number of hydrogen-bond donors (Lipinski definition) is 1. The van der Waals surface area contributed by atoms with Crippen LogP contribution in [0.5, 0.6) is 5.75 Å². The van der Waals surface area contributed by atoms with Crippen LogP contribution in [0.1, 0.15) is 26.3 Å². The molecule has 5 nitrogen and oxygen atoms in total. The Kier molecular flexibility index (Phi) is 6.14. The fraction of sp³-hybridized carbons (Fsp3) is 0. The third-order valence-electron chi connectivity index (χ3n) is 3.65. The van der Waals surface area contributed by atoms with Crippen molar-refractivity contribution in [3.05, 3.63) is 100 Å². The van der Waals surface area contributed by atoms with E-state index in [1.165, 1.54) is 30.5 Å². The first-order valence-electron chi connectivity index (χ1n) is 8.19. The topological polar surface area (TPSA) is 67.8 Å². The van der Waals surface area contributed by atoms with Gasteiger partial charge in [0.1, 0.15) is 11.6 Å². The zero-order valence-electron chi connectivity index (χ0n) is 14.4. The van der Waals surface area contributed by atoms with E-state index < -0.39 is 17.7 Å². The maximum atomic E-state index is 13.6. The molecule has 28 heavy (non-hydrogen) atoms. The van der Waals surface area contributed by atoms with Crippen molar-refractivity contribution >= 4 is 29.7 Å². The molecule has 0 spiro atoms. The molecule has 3 aromatic rings. The summed E-state index contributed by atoms with van der Waals surface area (Å²) >= 11 is 5.84. The highest BCUT2D eigenvalue weighted by Gasteiger charge is 2.13. The van der Waals surface area contributed by atoms with Crippen molar-refractivity contribution in [2.45, 2.75) is 0 Å². The third kappa shape index (κ3) is 5.02. The summed E-state index contributed by atoms with van der Waals surface area (Å²) in [5, 5.41) is 4.33. The molecule has 0 heterocycles. The van der Waals surface area contributed by atoms with Crippen LogP contribution in [0.4, 0.5) is 4.39 Å². The number of amides is 1. The lowest BCUT2D eigenvalue weighted by Gasteiger charge is -2.05. The lowest BCUT2D eigenvalue weighted by atomic mass is 10.2.